The molecule has 0 saturated carbocycles. The molecular formula is C15H24N2O2. The monoisotopic (exact) mass is 264 g/mol. The van der Waals surface area contributed by atoms with Gasteiger partial charge in [0, 0.05) is 12.6 Å². The van der Waals surface area contributed by atoms with Gasteiger partial charge in [0.25, 0.3) is 0 Å². The Hall–Kier alpha value is -1.26. The number of benzene rings is 1. The first-order chi connectivity index (χ1) is 9.17. The van der Waals surface area contributed by atoms with Crippen molar-refractivity contribution in [1.29, 1.82) is 0 Å². The number of nitrogens with two attached hydrogens (primary N) is 1. The number of hydrogen-bond donors (Lipinski definition) is 1. The molecule has 1 aliphatic rings. The Labute approximate surface area is 115 Å². The van der Waals surface area contributed by atoms with E-state index in [0.717, 1.165) is 31.0 Å². The second kappa shape index (κ2) is 6.26. The Morgan fingerprint density at radius 1 is 1.21 bits per heavy atom. The molecule has 1 aliphatic heterocycles. The molecular weight excluding hydrogens is 240 g/mol. The van der Waals surface area contributed by atoms with Gasteiger partial charge in [-0.15, -0.1) is 0 Å². The van der Waals surface area contributed by atoms with E-state index in [1.54, 1.807) is 14.2 Å². The molecule has 0 spiro atoms. The first-order valence-corrected chi connectivity index (χ1v) is 6.79. The minimum atomic E-state index is 0.491. The first kappa shape index (κ1) is 14.2. The van der Waals surface area contributed by atoms with Gasteiger partial charge in [-0.05, 0) is 56.1 Å². The van der Waals surface area contributed by atoms with Gasteiger partial charge in [0.05, 0.1) is 14.2 Å². The average Bonchev–Trinajstić information content (AvgIpc) is 2.46. The molecule has 2 rings (SSSR count). The van der Waals surface area contributed by atoms with Gasteiger partial charge >= 0.3 is 0 Å². The highest BCUT2D eigenvalue weighted by atomic mass is 16.5. The van der Waals surface area contributed by atoms with E-state index in [9.17, 15) is 0 Å². The number of piperidine rings is 1. The molecule has 1 fully saturated rings. The van der Waals surface area contributed by atoms with Crippen LogP contribution in [0.1, 0.15) is 17.9 Å². The number of likely N-dealkylation sites (tertiary alicyclic amines) is 1. The van der Waals surface area contributed by atoms with Crippen molar-refractivity contribution in [3.63, 3.8) is 0 Å². The van der Waals surface area contributed by atoms with Crippen molar-refractivity contribution in [3.05, 3.63) is 23.8 Å². The summed E-state index contributed by atoms with van der Waals surface area (Å²) in [6.07, 6.45) is 1.13. The summed E-state index contributed by atoms with van der Waals surface area (Å²) in [5.41, 5.74) is 7.22. The van der Waals surface area contributed by atoms with Crippen LogP contribution in [0.25, 0.3) is 0 Å². The van der Waals surface area contributed by atoms with E-state index in [0.29, 0.717) is 18.4 Å². The highest BCUT2D eigenvalue weighted by Crippen LogP contribution is 2.36. The SMILES string of the molecule is COc1cc(OC)cc(C2CCN(C)CC2CN)c1. The summed E-state index contributed by atoms with van der Waals surface area (Å²) < 4.78 is 10.7. The second-order valence-corrected chi connectivity index (χ2v) is 5.30. The fraction of sp³-hybridized carbons (Fsp3) is 0.600. The van der Waals surface area contributed by atoms with Crippen LogP contribution in [-0.4, -0.2) is 45.8 Å². The summed E-state index contributed by atoms with van der Waals surface area (Å²) >= 11 is 0. The van der Waals surface area contributed by atoms with E-state index in [4.69, 9.17) is 15.2 Å². The van der Waals surface area contributed by atoms with Gasteiger partial charge in [-0.2, -0.15) is 0 Å². The van der Waals surface area contributed by atoms with Gasteiger partial charge in [0.2, 0.25) is 0 Å². The predicted octanol–water partition coefficient (Wildman–Crippen LogP) is 1.70. The minimum absolute atomic E-state index is 0.491. The standard InChI is InChI=1S/C15H24N2O2/c1-17-5-4-15(12(9-16)10-17)11-6-13(18-2)8-14(7-11)19-3/h6-8,12,15H,4-5,9-10,16H2,1-3H3. The molecule has 1 heterocycles. The third-order valence-corrected chi connectivity index (χ3v) is 4.04. The molecule has 1 aromatic carbocycles. The molecule has 1 saturated heterocycles. The molecule has 2 unspecified atom stereocenters. The Morgan fingerprint density at radius 3 is 2.37 bits per heavy atom. The van der Waals surface area contributed by atoms with Gasteiger partial charge < -0.3 is 20.1 Å². The van der Waals surface area contributed by atoms with Gasteiger partial charge in [-0.3, -0.25) is 0 Å². The highest BCUT2D eigenvalue weighted by molar-refractivity contribution is 5.40. The first-order valence-electron chi connectivity index (χ1n) is 6.79. The number of ether oxygens (including phenoxy) is 2. The lowest BCUT2D eigenvalue weighted by Crippen LogP contribution is -2.40. The largest absolute Gasteiger partial charge is 0.497 e. The van der Waals surface area contributed by atoms with E-state index in [-0.39, 0.29) is 0 Å². The maximum absolute atomic E-state index is 5.95. The third-order valence-electron chi connectivity index (χ3n) is 4.04. The van der Waals surface area contributed by atoms with Crippen molar-refractivity contribution in [2.24, 2.45) is 11.7 Å². The van der Waals surface area contributed by atoms with E-state index in [2.05, 4.69) is 24.1 Å². The van der Waals surface area contributed by atoms with Crippen molar-refractivity contribution in [3.8, 4) is 11.5 Å². The lowest BCUT2D eigenvalue weighted by atomic mass is 9.80. The lowest BCUT2D eigenvalue weighted by Gasteiger charge is -2.36. The number of rotatable bonds is 4. The normalized spacial score (nSPS) is 24.2. The van der Waals surface area contributed by atoms with Gasteiger partial charge in [-0.1, -0.05) is 0 Å². The second-order valence-electron chi connectivity index (χ2n) is 5.30. The van der Waals surface area contributed by atoms with Crippen molar-refractivity contribution in [2.75, 3.05) is 40.9 Å². The van der Waals surface area contributed by atoms with E-state index in [1.165, 1.54) is 5.56 Å². The molecule has 1 aromatic rings. The maximum atomic E-state index is 5.95. The average molecular weight is 264 g/mol. The van der Waals surface area contributed by atoms with Crippen LogP contribution in [0.15, 0.2) is 18.2 Å². The number of methoxy groups -OCH3 is 2. The molecule has 2 atom stereocenters. The topological polar surface area (TPSA) is 47.7 Å². The smallest absolute Gasteiger partial charge is 0.122 e. The van der Waals surface area contributed by atoms with Crippen LogP contribution in [0.5, 0.6) is 11.5 Å². The van der Waals surface area contributed by atoms with Gasteiger partial charge in [-0.25, -0.2) is 0 Å². The van der Waals surface area contributed by atoms with Crippen LogP contribution >= 0.6 is 0 Å². The van der Waals surface area contributed by atoms with Crippen LogP contribution in [-0.2, 0) is 0 Å². The van der Waals surface area contributed by atoms with Crippen LogP contribution in [0.3, 0.4) is 0 Å². The van der Waals surface area contributed by atoms with Gasteiger partial charge in [0.15, 0.2) is 0 Å². The maximum Gasteiger partial charge on any atom is 0.122 e. The van der Waals surface area contributed by atoms with Crippen molar-refractivity contribution in [1.82, 2.24) is 4.90 Å². The van der Waals surface area contributed by atoms with Crippen molar-refractivity contribution < 1.29 is 9.47 Å². The number of hydrogen-bond acceptors (Lipinski definition) is 4. The molecule has 0 aromatic heterocycles. The summed E-state index contributed by atoms with van der Waals surface area (Å²) in [6, 6.07) is 6.14. The summed E-state index contributed by atoms with van der Waals surface area (Å²) in [5, 5.41) is 0. The lowest BCUT2D eigenvalue weighted by molar-refractivity contribution is 0.188. The van der Waals surface area contributed by atoms with E-state index < -0.39 is 0 Å². The molecule has 2 N–H and O–H groups in total. The molecule has 4 nitrogen and oxygen atoms in total. The minimum Gasteiger partial charge on any atom is -0.497 e. The van der Waals surface area contributed by atoms with Gasteiger partial charge in [0.1, 0.15) is 11.5 Å². The molecule has 0 bridgehead atoms. The van der Waals surface area contributed by atoms with Crippen LogP contribution in [0.2, 0.25) is 0 Å². The van der Waals surface area contributed by atoms with Crippen LogP contribution in [0, 0.1) is 5.92 Å². The van der Waals surface area contributed by atoms with E-state index in [1.807, 2.05) is 6.07 Å². The highest BCUT2D eigenvalue weighted by Gasteiger charge is 2.28. The third kappa shape index (κ3) is 3.19. The molecule has 4 heteroatoms. The predicted molar refractivity (Wildman–Crippen MR) is 76.9 cm³/mol. The molecule has 0 radical (unpaired) electrons. The zero-order chi connectivity index (χ0) is 13.8. The van der Waals surface area contributed by atoms with Crippen molar-refractivity contribution >= 4 is 0 Å². The molecule has 106 valence electrons. The zero-order valence-corrected chi connectivity index (χ0v) is 12.1. The van der Waals surface area contributed by atoms with Crippen LogP contribution < -0.4 is 15.2 Å². The Balaban J connectivity index is 2.28. The molecule has 19 heavy (non-hydrogen) atoms. The molecule has 0 aliphatic carbocycles. The van der Waals surface area contributed by atoms with E-state index >= 15 is 0 Å². The quantitative estimate of drug-likeness (QED) is 0.899. The Bertz CT molecular complexity index is 400. The Morgan fingerprint density at radius 2 is 1.84 bits per heavy atom. The summed E-state index contributed by atoms with van der Waals surface area (Å²) in [6.45, 7) is 2.88. The fourth-order valence-electron chi connectivity index (χ4n) is 2.94. The fourth-order valence-corrected chi connectivity index (χ4v) is 2.94. The summed E-state index contributed by atoms with van der Waals surface area (Å²) in [4.78, 5) is 2.35. The summed E-state index contributed by atoms with van der Waals surface area (Å²) in [7, 11) is 5.53. The Kier molecular flexibility index (Phi) is 4.66. The zero-order valence-electron chi connectivity index (χ0n) is 12.1. The molecule has 0 amide bonds. The van der Waals surface area contributed by atoms with Crippen molar-refractivity contribution in [2.45, 2.75) is 12.3 Å². The van der Waals surface area contributed by atoms with Crippen LogP contribution in [0.4, 0.5) is 0 Å². The summed E-state index contributed by atoms with van der Waals surface area (Å²) in [5.74, 6) is 2.69. The number of nitrogens with zero attached hydrogens (tertiary/aromatic N) is 1.